The summed E-state index contributed by atoms with van der Waals surface area (Å²) in [5.41, 5.74) is 1.60. The molecule has 2 aromatic heterocycles. The van der Waals surface area contributed by atoms with Gasteiger partial charge in [0.2, 0.25) is 0 Å². The zero-order chi connectivity index (χ0) is 30.5. The standard InChI is InChI=1S/C31H25Cl2N5O4S/c1-18(23-15-9-11-20-10-7-8-14-24(20)23)29-34-30(42-35-29)21-16-25(32)27(33)26(17-21)43(40,41)36-28-19(2)37(3)38(31(28)39)22-12-5-4-6-13-22/h4-18,36H,1-3H3. The van der Waals surface area contributed by atoms with Gasteiger partial charge in [0.1, 0.15) is 10.6 Å². The Balaban J connectivity index is 1.36. The minimum absolute atomic E-state index is 0.0344. The Kier molecular flexibility index (Phi) is 7.37. The average molecular weight is 635 g/mol. The first-order chi connectivity index (χ1) is 20.6. The van der Waals surface area contributed by atoms with Gasteiger partial charge in [0.15, 0.2) is 5.82 Å². The summed E-state index contributed by atoms with van der Waals surface area (Å²) >= 11 is 12.8. The highest BCUT2D eigenvalue weighted by atomic mass is 35.5. The van der Waals surface area contributed by atoms with Crippen molar-refractivity contribution in [2.75, 3.05) is 4.72 Å². The Labute approximate surface area is 257 Å². The molecule has 4 aromatic carbocycles. The van der Waals surface area contributed by atoms with Crippen LogP contribution >= 0.6 is 23.2 Å². The van der Waals surface area contributed by atoms with Crippen LogP contribution in [0.1, 0.15) is 29.9 Å². The van der Waals surface area contributed by atoms with Gasteiger partial charge in [-0.1, -0.05) is 95.9 Å². The van der Waals surface area contributed by atoms with Crippen molar-refractivity contribution in [2.24, 2.45) is 7.05 Å². The minimum Gasteiger partial charge on any atom is -0.334 e. The molecule has 218 valence electrons. The molecule has 1 unspecified atom stereocenters. The van der Waals surface area contributed by atoms with Gasteiger partial charge in [0.25, 0.3) is 21.5 Å². The van der Waals surface area contributed by atoms with Gasteiger partial charge in [-0.2, -0.15) is 4.98 Å². The highest BCUT2D eigenvalue weighted by Gasteiger charge is 2.27. The van der Waals surface area contributed by atoms with Gasteiger partial charge in [-0.25, -0.2) is 13.1 Å². The van der Waals surface area contributed by atoms with Gasteiger partial charge in [0, 0.05) is 18.5 Å². The summed E-state index contributed by atoms with van der Waals surface area (Å²) in [6, 6.07) is 25.7. The molecule has 0 aliphatic rings. The summed E-state index contributed by atoms with van der Waals surface area (Å²) in [5.74, 6) is 0.268. The maximum absolute atomic E-state index is 13.7. The van der Waals surface area contributed by atoms with Gasteiger partial charge >= 0.3 is 0 Å². The van der Waals surface area contributed by atoms with Crippen LogP contribution in [0.15, 0.2) is 99.1 Å². The van der Waals surface area contributed by atoms with Crippen molar-refractivity contribution in [2.45, 2.75) is 24.7 Å². The molecule has 0 saturated carbocycles. The summed E-state index contributed by atoms with van der Waals surface area (Å²) < 4.78 is 38.2. The predicted molar refractivity (Wildman–Crippen MR) is 168 cm³/mol. The van der Waals surface area contributed by atoms with E-state index in [-0.39, 0.29) is 38.0 Å². The Morgan fingerprint density at radius 2 is 1.65 bits per heavy atom. The van der Waals surface area contributed by atoms with Gasteiger partial charge in [-0.05, 0) is 47.5 Å². The van der Waals surface area contributed by atoms with Gasteiger partial charge in [0.05, 0.1) is 21.4 Å². The van der Waals surface area contributed by atoms with Gasteiger partial charge < -0.3 is 4.52 Å². The number of rotatable bonds is 7. The molecule has 1 atom stereocenters. The molecular weight excluding hydrogens is 609 g/mol. The molecule has 6 rings (SSSR count). The van der Waals surface area contributed by atoms with Crippen molar-refractivity contribution in [1.29, 1.82) is 0 Å². The van der Waals surface area contributed by atoms with Crippen LogP contribution < -0.4 is 10.3 Å². The Morgan fingerprint density at radius 3 is 2.42 bits per heavy atom. The minimum atomic E-state index is -4.39. The molecule has 0 bridgehead atoms. The van der Waals surface area contributed by atoms with Gasteiger partial charge in [-0.3, -0.25) is 14.2 Å². The largest absolute Gasteiger partial charge is 0.334 e. The molecule has 2 heterocycles. The molecule has 0 aliphatic heterocycles. The fraction of sp³-hybridized carbons (Fsp3) is 0.129. The van der Waals surface area contributed by atoms with Crippen LogP contribution in [-0.2, 0) is 17.1 Å². The molecule has 0 radical (unpaired) electrons. The van der Waals surface area contributed by atoms with Crippen LogP contribution in [-0.4, -0.2) is 27.9 Å². The predicted octanol–water partition coefficient (Wildman–Crippen LogP) is 6.95. The third kappa shape index (κ3) is 5.11. The van der Waals surface area contributed by atoms with Crippen molar-refractivity contribution in [3.8, 4) is 17.1 Å². The SMILES string of the molecule is Cc1c(NS(=O)(=O)c2cc(-c3nc(C(C)c4cccc5ccccc45)no3)cc(Cl)c2Cl)c(=O)n(-c2ccccc2)n1C. The first-order valence-electron chi connectivity index (χ1n) is 13.2. The number of aromatic nitrogens is 4. The number of halogens is 2. The van der Waals surface area contributed by atoms with Crippen LogP contribution in [0.5, 0.6) is 0 Å². The number of hydrogen-bond acceptors (Lipinski definition) is 6. The molecule has 0 aliphatic carbocycles. The van der Waals surface area contributed by atoms with Crippen molar-refractivity contribution < 1.29 is 12.9 Å². The maximum atomic E-state index is 13.7. The monoisotopic (exact) mass is 633 g/mol. The topological polar surface area (TPSA) is 112 Å². The fourth-order valence-electron chi connectivity index (χ4n) is 5.05. The molecule has 0 fully saturated rings. The van der Waals surface area contributed by atoms with E-state index in [0.717, 1.165) is 16.3 Å². The molecule has 0 spiro atoms. The van der Waals surface area contributed by atoms with Crippen LogP contribution in [0.3, 0.4) is 0 Å². The van der Waals surface area contributed by atoms with Crippen LogP contribution in [0.4, 0.5) is 5.69 Å². The number of fused-ring (bicyclic) bond motifs is 1. The Morgan fingerprint density at radius 1 is 0.953 bits per heavy atom. The Bertz CT molecular complexity index is 2170. The second-order valence-corrected chi connectivity index (χ2v) is 12.5. The van der Waals surface area contributed by atoms with Crippen molar-refractivity contribution in [3.63, 3.8) is 0 Å². The molecule has 43 heavy (non-hydrogen) atoms. The lowest BCUT2D eigenvalue weighted by Crippen LogP contribution is -2.23. The van der Waals surface area contributed by atoms with E-state index in [2.05, 4.69) is 14.9 Å². The van der Waals surface area contributed by atoms with Gasteiger partial charge in [-0.15, -0.1) is 0 Å². The Hall–Kier alpha value is -4.38. The van der Waals surface area contributed by atoms with Crippen LogP contribution in [0, 0.1) is 6.92 Å². The molecule has 12 heteroatoms. The lowest BCUT2D eigenvalue weighted by atomic mass is 9.94. The van der Waals surface area contributed by atoms with E-state index in [9.17, 15) is 13.2 Å². The molecule has 1 N–H and O–H groups in total. The third-order valence-corrected chi connectivity index (χ3v) is 9.73. The highest BCUT2D eigenvalue weighted by Crippen LogP contribution is 2.36. The summed E-state index contributed by atoms with van der Waals surface area (Å²) in [6.45, 7) is 3.61. The van der Waals surface area contributed by atoms with E-state index >= 15 is 0 Å². The third-order valence-electron chi connectivity index (χ3n) is 7.44. The molecule has 0 saturated heterocycles. The van der Waals surface area contributed by atoms with E-state index in [1.165, 1.54) is 16.8 Å². The van der Waals surface area contributed by atoms with Crippen LogP contribution in [0.2, 0.25) is 10.0 Å². The van der Waals surface area contributed by atoms with E-state index < -0.39 is 15.6 Å². The zero-order valence-corrected chi connectivity index (χ0v) is 25.6. The zero-order valence-electron chi connectivity index (χ0n) is 23.2. The molecule has 9 nitrogen and oxygen atoms in total. The lowest BCUT2D eigenvalue weighted by molar-refractivity contribution is 0.420. The molecule has 6 aromatic rings. The number of para-hydroxylation sites is 1. The summed E-state index contributed by atoms with van der Waals surface area (Å²) in [7, 11) is -2.72. The second-order valence-electron chi connectivity index (χ2n) is 10.1. The normalized spacial score (nSPS) is 12.5. The van der Waals surface area contributed by atoms with Crippen LogP contribution in [0.25, 0.3) is 27.9 Å². The number of nitrogens with one attached hydrogen (secondary N) is 1. The average Bonchev–Trinajstić information content (AvgIpc) is 3.58. The number of hydrogen-bond donors (Lipinski definition) is 1. The molecular formula is C31H25Cl2N5O4S. The lowest BCUT2D eigenvalue weighted by Gasteiger charge is -2.11. The maximum Gasteiger partial charge on any atom is 0.296 e. The number of sulfonamides is 1. The smallest absolute Gasteiger partial charge is 0.296 e. The van der Waals surface area contributed by atoms with E-state index in [0.29, 0.717) is 17.2 Å². The number of anilines is 1. The second kappa shape index (κ2) is 11.0. The van der Waals surface area contributed by atoms with Crippen molar-refractivity contribution in [1.82, 2.24) is 19.5 Å². The number of benzene rings is 4. The van der Waals surface area contributed by atoms with E-state index in [1.807, 2.05) is 55.5 Å². The molecule has 0 amide bonds. The summed E-state index contributed by atoms with van der Waals surface area (Å²) in [6.07, 6.45) is 0. The summed E-state index contributed by atoms with van der Waals surface area (Å²) in [4.78, 5) is 17.6. The van der Waals surface area contributed by atoms with Crippen molar-refractivity contribution >= 4 is 49.7 Å². The quantitative estimate of drug-likeness (QED) is 0.204. The van der Waals surface area contributed by atoms with E-state index in [1.54, 1.807) is 42.9 Å². The number of nitrogens with zero attached hydrogens (tertiary/aromatic N) is 4. The van der Waals surface area contributed by atoms with E-state index in [4.69, 9.17) is 27.7 Å². The van der Waals surface area contributed by atoms with Crippen molar-refractivity contribution in [3.05, 3.63) is 122 Å². The highest BCUT2D eigenvalue weighted by molar-refractivity contribution is 7.92. The first-order valence-corrected chi connectivity index (χ1v) is 15.5. The summed E-state index contributed by atoms with van der Waals surface area (Å²) in [5, 5.41) is 6.09. The first kappa shape index (κ1) is 28.7. The fourth-order valence-corrected chi connectivity index (χ4v) is 6.98.